The first kappa shape index (κ1) is 15.9. The van der Waals surface area contributed by atoms with Crippen molar-refractivity contribution in [2.75, 3.05) is 0 Å². The van der Waals surface area contributed by atoms with Gasteiger partial charge in [-0.15, -0.1) is 0 Å². The van der Waals surface area contributed by atoms with Crippen LogP contribution < -0.4 is 0 Å². The predicted octanol–water partition coefficient (Wildman–Crippen LogP) is 7.51. The summed E-state index contributed by atoms with van der Waals surface area (Å²) in [7, 11) is 0. The molecule has 5 rings (SSSR count). The molecule has 126 valence electrons. The van der Waals surface area contributed by atoms with Crippen molar-refractivity contribution in [3.63, 3.8) is 0 Å². The number of aromatic amines is 2. The minimum absolute atomic E-state index is 1.09. The van der Waals surface area contributed by atoms with Gasteiger partial charge in [-0.25, -0.2) is 0 Å². The lowest BCUT2D eigenvalue weighted by Gasteiger charge is -2.01. The minimum Gasteiger partial charge on any atom is -0.355 e. The molecule has 0 atom stereocenters. The topological polar surface area (TPSA) is 31.6 Å². The van der Waals surface area contributed by atoms with Crippen molar-refractivity contribution in [1.29, 1.82) is 0 Å². The van der Waals surface area contributed by atoms with Gasteiger partial charge in [0.2, 0.25) is 0 Å². The number of nitrogens with one attached hydrogen (secondary N) is 2. The quantitative estimate of drug-likeness (QED) is 0.270. The average Bonchev–Trinajstić information content (AvgIpc) is 3.25. The molecule has 0 spiro atoms. The maximum Gasteiger partial charge on any atom is 0.0464 e. The second-order valence-electron chi connectivity index (χ2n) is 6.41. The molecule has 2 nitrogen and oxygen atoms in total. The first-order chi connectivity index (χ1) is 12.7. The van der Waals surface area contributed by atoms with Gasteiger partial charge >= 0.3 is 0 Å². The van der Waals surface area contributed by atoms with Crippen molar-refractivity contribution < 1.29 is 0 Å². The molecule has 0 radical (unpaired) electrons. The zero-order valence-electron chi connectivity index (χ0n) is 13.7. The summed E-state index contributed by atoms with van der Waals surface area (Å²) in [6.07, 6.45) is 0. The molecule has 0 aliphatic heterocycles. The summed E-state index contributed by atoms with van der Waals surface area (Å²) in [5, 5.41) is 2.42. The summed E-state index contributed by atoms with van der Waals surface area (Å²) in [5.74, 6) is 0. The van der Waals surface area contributed by atoms with Crippen molar-refractivity contribution in [1.82, 2.24) is 9.97 Å². The molecular weight excluding hydrogens is 452 g/mol. The number of hydrogen-bond acceptors (Lipinski definition) is 0. The monoisotopic (exact) mass is 464 g/mol. The maximum absolute atomic E-state index is 3.53. The largest absolute Gasteiger partial charge is 0.355 e. The number of aromatic nitrogens is 2. The molecule has 5 aromatic rings. The second-order valence-corrected chi connectivity index (χ2v) is 8.24. The first-order valence-corrected chi connectivity index (χ1v) is 9.92. The molecule has 3 aromatic carbocycles. The van der Waals surface area contributed by atoms with Crippen LogP contribution in [-0.2, 0) is 0 Å². The second kappa shape index (κ2) is 6.15. The Kier molecular flexibility index (Phi) is 3.76. The number of hydrogen-bond donors (Lipinski definition) is 2. The Hall–Kier alpha value is -2.30. The molecule has 0 amide bonds. The summed E-state index contributed by atoms with van der Waals surface area (Å²) < 4.78 is 2.19. The van der Waals surface area contributed by atoms with Crippen molar-refractivity contribution in [2.45, 2.75) is 0 Å². The van der Waals surface area contributed by atoms with Crippen LogP contribution in [0.1, 0.15) is 0 Å². The van der Waals surface area contributed by atoms with Gasteiger partial charge in [0.15, 0.2) is 0 Å². The number of H-pyrrole nitrogens is 2. The fraction of sp³-hybridized carbons (Fsp3) is 0. The third-order valence-electron chi connectivity index (χ3n) is 4.67. The van der Waals surface area contributed by atoms with Gasteiger partial charge < -0.3 is 9.97 Å². The number of benzene rings is 3. The highest BCUT2D eigenvalue weighted by atomic mass is 79.9. The van der Waals surface area contributed by atoms with E-state index >= 15 is 0 Å². The van der Waals surface area contributed by atoms with Gasteiger partial charge in [-0.2, -0.15) is 0 Å². The van der Waals surface area contributed by atoms with Crippen LogP contribution in [0.5, 0.6) is 0 Å². The van der Waals surface area contributed by atoms with E-state index in [1.807, 2.05) is 0 Å². The van der Waals surface area contributed by atoms with Crippen LogP contribution in [0, 0.1) is 0 Å². The summed E-state index contributed by atoms with van der Waals surface area (Å²) in [6.45, 7) is 0. The van der Waals surface area contributed by atoms with Crippen LogP contribution >= 0.6 is 31.9 Å². The molecule has 2 heterocycles. The normalized spacial score (nSPS) is 11.5. The van der Waals surface area contributed by atoms with Crippen molar-refractivity contribution in [2.24, 2.45) is 0 Å². The van der Waals surface area contributed by atoms with E-state index in [0.717, 1.165) is 31.4 Å². The Bertz CT molecular complexity index is 1150. The van der Waals surface area contributed by atoms with E-state index in [1.54, 1.807) is 0 Å². The molecule has 0 saturated carbocycles. The predicted molar refractivity (Wildman–Crippen MR) is 116 cm³/mol. The van der Waals surface area contributed by atoms with Crippen LogP contribution in [0.15, 0.2) is 81.7 Å². The molecule has 0 saturated heterocycles. The summed E-state index contributed by atoms with van der Waals surface area (Å²) in [5.41, 5.74) is 6.91. The fourth-order valence-electron chi connectivity index (χ4n) is 3.35. The number of rotatable bonds is 2. The van der Waals surface area contributed by atoms with Gasteiger partial charge in [0.25, 0.3) is 0 Å². The van der Waals surface area contributed by atoms with Gasteiger partial charge in [0, 0.05) is 42.1 Å². The lowest BCUT2D eigenvalue weighted by molar-refractivity contribution is 1.43. The van der Waals surface area contributed by atoms with E-state index in [1.165, 1.54) is 21.9 Å². The average molecular weight is 466 g/mol. The van der Waals surface area contributed by atoms with Crippen LogP contribution in [0.25, 0.3) is 44.3 Å². The Labute approximate surface area is 167 Å². The Morgan fingerprint density at radius 1 is 0.500 bits per heavy atom. The smallest absolute Gasteiger partial charge is 0.0464 e. The van der Waals surface area contributed by atoms with Gasteiger partial charge in [0.05, 0.1) is 0 Å². The van der Waals surface area contributed by atoms with E-state index in [4.69, 9.17) is 0 Å². The van der Waals surface area contributed by atoms with Crippen molar-refractivity contribution >= 4 is 53.7 Å². The molecule has 0 bridgehead atoms. The summed E-state index contributed by atoms with van der Waals surface area (Å²) >= 11 is 7.06. The molecule has 0 fully saturated rings. The maximum atomic E-state index is 3.53. The van der Waals surface area contributed by atoms with Gasteiger partial charge in [-0.1, -0.05) is 56.1 Å². The molecule has 26 heavy (non-hydrogen) atoms. The lowest BCUT2D eigenvalue weighted by Crippen LogP contribution is -1.80. The van der Waals surface area contributed by atoms with Crippen LogP contribution in [0.4, 0.5) is 0 Å². The van der Waals surface area contributed by atoms with E-state index in [-0.39, 0.29) is 0 Å². The van der Waals surface area contributed by atoms with Crippen LogP contribution in [-0.4, -0.2) is 9.97 Å². The van der Waals surface area contributed by atoms with Gasteiger partial charge in [0.1, 0.15) is 0 Å². The Balaban J connectivity index is 1.52. The highest BCUT2D eigenvalue weighted by Crippen LogP contribution is 2.30. The van der Waals surface area contributed by atoms with E-state index in [0.29, 0.717) is 0 Å². The molecule has 2 N–H and O–H groups in total. The van der Waals surface area contributed by atoms with Gasteiger partial charge in [-0.3, -0.25) is 0 Å². The van der Waals surface area contributed by atoms with E-state index in [2.05, 4.69) is 115 Å². The zero-order chi connectivity index (χ0) is 17.7. The zero-order valence-corrected chi connectivity index (χ0v) is 16.9. The first-order valence-electron chi connectivity index (χ1n) is 8.33. The highest BCUT2D eigenvalue weighted by molar-refractivity contribution is 9.10. The SMILES string of the molecule is Brc1ccc2[nH]c(-c3ccc(-c4cc5cc(Br)ccc5[nH]4)cc3)cc2c1. The van der Waals surface area contributed by atoms with Gasteiger partial charge in [-0.05, 0) is 59.7 Å². The molecule has 0 unspecified atom stereocenters. The third-order valence-corrected chi connectivity index (χ3v) is 5.66. The van der Waals surface area contributed by atoms with Crippen molar-refractivity contribution in [3.05, 3.63) is 81.7 Å². The summed E-state index contributed by atoms with van der Waals surface area (Å²) in [4.78, 5) is 6.98. The molecular formula is C22H14Br2N2. The standard InChI is InChI=1S/C22H14Br2N2/c23-17-5-7-19-15(9-17)11-21(25-19)13-1-2-14(4-3-13)22-12-16-10-18(24)6-8-20(16)26-22/h1-12,25-26H. The van der Waals surface area contributed by atoms with E-state index in [9.17, 15) is 0 Å². The molecule has 0 aliphatic carbocycles. The highest BCUT2D eigenvalue weighted by Gasteiger charge is 2.07. The number of fused-ring (bicyclic) bond motifs is 2. The van der Waals surface area contributed by atoms with Crippen LogP contribution in [0.2, 0.25) is 0 Å². The molecule has 4 heteroatoms. The van der Waals surface area contributed by atoms with Crippen molar-refractivity contribution in [3.8, 4) is 22.5 Å². The Morgan fingerprint density at radius 3 is 1.35 bits per heavy atom. The lowest BCUT2D eigenvalue weighted by atomic mass is 10.1. The third kappa shape index (κ3) is 2.79. The molecule has 2 aromatic heterocycles. The van der Waals surface area contributed by atoms with Crippen LogP contribution in [0.3, 0.4) is 0 Å². The fourth-order valence-corrected chi connectivity index (χ4v) is 4.10. The Morgan fingerprint density at radius 2 is 0.923 bits per heavy atom. The minimum atomic E-state index is 1.09. The molecule has 0 aliphatic rings. The van der Waals surface area contributed by atoms with E-state index < -0.39 is 0 Å². The number of halogens is 2. The summed E-state index contributed by atoms with van der Waals surface area (Å²) in [6, 6.07) is 25.6.